The molecule has 0 saturated carbocycles. The normalized spacial score (nSPS) is 14.4. The van der Waals surface area contributed by atoms with Crippen LogP contribution in [0.15, 0.2) is 0 Å². The standard InChI is InChI=1S/C7H21AsSi2/c1-8(9(2,3)4)10(5,6)7/h1-7H3. The zero-order valence-electron chi connectivity index (χ0n) is 8.45. The van der Waals surface area contributed by atoms with E-state index in [1.165, 1.54) is 0 Å². The van der Waals surface area contributed by atoms with Crippen molar-refractivity contribution in [3.05, 3.63) is 0 Å². The first-order valence-electron chi connectivity index (χ1n) is 3.89. The van der Waals surface area contributed by atoms with Crippen LogP contribution >= 0.6 is 0 Å². The van der Waals surface area contributed by atoms with Gasteiger partial charge in [0, 0.05) is 0 Å². The number of rotatable bonds is 2. The maximum atomic E-state index is 2.60. The van der Waals surface area contributed by atoms with E-state index in [1.54, 1.807) is 0 Å². The van der Waals surface area contributed by atoms with Crippen LogP contribution in [0.3, 0.4) is 0 Å². The minimum absolute atomic E-state index is 0.368. The molecule has 0 rings (SSSR count). The van der Waals surface area contributed by atoms with Gasteiger partial charge < -0.3 is 0 Å². The van der Waals surface area contributed by atoms with Gasteiger partial charge in [-0.25, -0.2) is 0 Å². The van der Waals surface area contributed by atoms with Gasteiger partial charge in [0.1, 0.15) is 0 Å². The summed E-state index contributed by atoms with van der Waals surface area (Å²) >= 11 is -0.368. The van der Waals surface area contributed by atoms with Crippen molar-refractivity contribution in [1.29, 1.82) is 0 Å². The Morgan fingerprint density at radius 2 is 0.900 bits per heavy atom. The molecule has 62 valence electrons. The van der Waals surface area contributed by atoms with Gasteiger partial charge in [0.05, 0.1) is 0 Å². The van der Waals surface area contributed by atoms with E-state index in [0.29, 0.717) is 0 Å². The summed E-state index contributed by atoms with van der Waals surface area (Å²) in [5.41, 5.74) is 2.60. The Bertz CT molecular complexity index is 95.8. The van der Waals surface area contributed by atoms with E-state index < -0.39 is 13.1 Å². The second-order valence-corrected chi connectivity index (χ2v) is 42.1. The van der Waals surface area contributed by atoms with Crippen molar-refractivity contribution in [3.8, 4) is 0 Å². The van der Waals surface area contributed by atoms with E-state index in [9.17, 15) is 0 Å². The molecule has 0 aliphatic rings. The third-order valence-electron chi connectivity index (χ3n) is 2.01. The molecule has 0 spiro atoms. The maximum absolute atomic E-state index is 2.60. The molecule has 3 heteroatoms. The summed E-state index contributed by atoms with van der Waals surface area (Å²) in [4.78, 5) is 0. The Balaban J connectivity index is 4.23. The monoisotopic (exact) mass is 236 g/mol. The molecule has 0 amide bonds. The molecule has 0 heterocycles. The van der Waals surface area contributed by atoms with Gasteiger partial charge in [-0.2, -0.15) is 0 Å². The van der Waals surface area contributed by atoms with Gasteiger partial charge in [-0.3, -0.25) is 0 Å². The Kier molecular flexibility index (Phi) is 3.47. The molecule has 0 radical (unpaired) electrons. The molecule has 0 atom stereocenters. The van der Waals surface area contributed by atoms with Crippen molar-refractivity contribution in [1.82, 2.24) is 0 Å². The molecular weight excluding hydrogens is 215 g/mol. The summed E-state index contributed by atoms with van der Waals surface area (Å²) in [7, 11) is 0. The first-order chi connectivity index (χ1) is 4.15. The first kappa shape index (κ1) is 11.0. The van der Waals surface area contributed by atoms with Crippen LogP contribution in [0.2, 0.25) is 45.0 Å². The van der Waals surface area contributed by atoms with Crippen molar-refractivity contribution >= 4 is 26.4 Å². The zero-order chi connectivity index (χ0) is 8.58. The van der Waals surface area contributed by atoms with E-state index in [1.807, 2.05) is 0 Å². The topological polar surface area (TPSA) is 0 Å². The molecule has 0 nitrogen and oxygen atoms in total. The number of hydrogen-bond acceptors (Lipinski definition) is 0. The van der Waals surface area contributed by atoms with Gasteiger partial charge in [-0.05, 0) is 0 Å². The predicted octanol–water partition coefficient (Wildman–Crippen LogP) is 2.94. The first-order valence-corrected chi connectivity index (χ1v) is 18.3. The van der Waals surface area contributed by atoms with E-state index in [0.717, 1.165) is 0 Å². The zero-order valence-corrected chi connectivity index (χ0v) is 12.3. The van der Waals surface area contributed by atoms with Gasteiger partial charge >= 0.3 is 71.4 Å². The summed E-state index contributed by atoms with van der Waals surface area (Å²) in [5.74, 6) is 0. The van der Waals surface area contributed by atoms with Crippen molar-refractivity contribution in [2.24, 2.45) is 0 Å². The molecule has 0 aromatic carbocycles. The van der Waals surface area contributed by atoms with Crippen LogP contribution in [0.25, 0.3) is 0 Å². The molecule has 0 aromatic heterocycles. The van der Waals surface area contributed by atoms with Crippen molar-refractivity contribution in [3.63, 3.8) is 0 Å². The van der Waals surface area contributed by atoms with Gasteiger partial charge in [0.15, 0.2) is 0 Å². The molecule has 0 bridgehead atoms. The molecule has 0 aliphatic heterocycles. The summed E-state index contributed by atoms with van der Waals surface area (Å²) in [6.45, 7) is 13.9. The SMILES string of the molecule is C[As]([Si](C)(C)C)[Si](C)(C)C. The molecule has 0 unspecified atom stereocenters. The van der Waals surface area contributed by atoms with Gasteiger partial charge in [0.2, 0.25) is 0 Å². The van der Waals surface area contributed by atoms with E-state index in [2.05, 4.69) is 45.0 Å². The van der Waals surface area contributed by atoms with Crippen molar-refractivity contribution in [2.75, 3.05) is 0 Å². The van der Waals surface area contributed by atoms with Crippen molar-refractivity contribution in [2.45, 2.75) is 45.0 Å². The van der Waals surface area contributed by atoms with E-state index in [4.69, 9.17) is 0 Å². The Morgan fingerprint density at radius 3 is 0.900 bits per heavy atom. The molecule has 0 aromatic rings. The summed E-state index contributed by atoms with van der Waals surface area (Å²) in [6, 6.07) is 0. The number of hydrogen-bond donors (Lipinski definition) is 0. The molecule has 0 aliphatic carbocycles. The summed E-state index contributed by atoms with van der Waals surface area (Å²) in [6.07, 6.45) is 0. The Morgan fingerprint density at radius 1 is 0.700 bits per heavy atom. The molecule has 0 fully saturated rings. The second kappa shape index (κ2) is 3.16. The van der Waals surface area contributed by atoms with Crippen molar-refractivity contribution < 1.29 is 0 Å². The Labute approximate surface area is 71.5 Å². The van der Waals surface area contributed by atoms with E-state index in [-0.39, 0.29) is 13.3 Å². The van der Waals surface area contributed by atoms with Crippen LogP contribution in [0.1, 0.15) is 0 Å². The fourth-order valence-corrected chi connectivity index (χ4v) is 47.1. The Hall–Kier alpha value is 0.992. The van der Waals surface area contributed by atoms with Crippen LogP contribution in [-0.2, 0) is 0 Å². The summed E-state index contributed by atoms with van der Waals surface area (Å²) < 4.78 is 0. The van der Waals surface area contributed by atoms with Crippen LogP contribution in [0.4, 0.5) is 0 Å². The average molecular weight is 236 g/mol. The van der Waals surface area contributed by atoms with Gasteiger partial charge in [-0.15, -0.1) is 0 Å². The van der Waals surface area contributed by atoms with Gasteiger partial charge in [0.25, 0.3) is 0 Å². The third kappa shape index (κ3) is 3.40. The van der Waals surface area contributed by atoms with Crippen LogP contribution < -0.4 is 0 Å². The van der Waals surface area contributed by atoms with Crippen LogP contribution in [0.5, 0.6) is 0 Å². The molecule has 10 heavy (non-hydrogen) atoms. The second-order valence-electron chi connectivity index (χ2n) is 4.90. The van der Waals surface area contributed by atoms with Gasteiger partial charge in [-0.1, -0.05) is 0 Å². The molecular formula is C7H21AsSi2. The minimum atomic E-state index is -0.688. The fourth-order valence-electron chi connectivity index (χ4n) is 1.01. The quantitative estimate of drug-likeness (QED) is 0.647. The van der Waals surface area contributed by atoms with Crippen LogP contribution in [0, 0.1) is 0 Å². The third-order valence-corrected chi connectivity index (χ3v) is 52.3. The molecule has 0 N–H and O–H groups in total. The predicted molar refractivity (Wildman–Crippen MR) is 58.3 cm³/mol. The van der Waals surface area contributed by atoms with Crippen LogP contribution in [-0.4, -0.2) is 26.4 Å². The summed E-state index contributed by atoms with van der Waals surface area (Å²) in [5, 5.41) is 0. The van der Waals surface area contributed by atoms with E-state index >= 15 is 0 Å². The average Bonchev–Trinajstić information content (AvgIpc) is 1.59. The molecule has 0 saturated heterocycles. The fraction of sp³-hybridized carbons (Fsp3) is 1.00.